The molecule has 0 unspecified atom stereocenters. The first kappa shape index (κ1) is 11.3. The van der Waals surface area contributed by atoms with Gasteiger partial charge in [-0.2, -0.15) is 5.10 Å². The van der Waals surface area contributed by atoms with Gasteiger partial charge in [-0.05, 0) is 26.0 Å². The highest BCUT2D eigenvalue weighted by atomic mass is 16.4. The molecule has 0 atom stereocenters. The van der Waals surface area contributed by atoms with Crippen molar-refractivity contribution in [2.75, 3.05) is 0 Å². The van der Waals surface area contributed by atoms with Crippen LogP contribution in [0.1, 0.15) is 30.2 Å². The second kappa shape index (κ2) is 4.01. The molecule has 0 spiro atoms. The highest BCUT2D eigenvalue weighted by Crippen LogP contribution is 2.12. The van der Waals surface area contributed by atoms with Gasteiger partial charge in [0.05, 0.1) is 23.2 Å². The lowest BCUT2D eigenvalue weighted by atomic mass is 10.1. The molecule has 0 bridgehead atoms. The van der Waals surface area contributed by atoms with E-state index in [2.05, 4.69) is 5.10 Å². The Morgan fingerprint density at radius 3 is 2.71 bits per heavy atom. The van der Waals surface area contributed by atoms with Crippen molar-refractivity contribution in [2.45, 2.75) is 19.9 Å². The summed E-state index contributed by atoms with van der Waals surface area (Å²) in [7, 11) is 0. The Bertz CT molecular complexity index is 644. The summed E-state index contributed by atoms with van der Waals surface area (Å²) in [5.41, 5.74) is -0.156. The van der Waals surface area contributed by atoms with Crippen LogP contribution in [-0.4, -0.2) is 20.9 Å². The summed E-state index contributed by atoms with van der Waals surface area (Å²) in [4.78, 5) is 22.9. The minimum absolute atomic E-state index is 0.0552. The Kier molecular flexibility index (Phi) is 2.67. The number of hydrogen-bond acceptors (Lipinski definition) is 3. The predicted octanol–water partition coefficient (Wildman–Crippen LogP) is 1.68. The maximum atomic E-state index is 12.1. The summed E-state index contributed by atoms with van der Waals surface area (Å²) in [6.45, 7) is 3.70. The number of aromatic nitrogens is 2. The van der Waals surface area contributed by atoms with E-state index in [-0.39, 0.29) is 17.2 Å². The van der Waals surface area contributed by atoms with Gasteiger partial charge in [-0.3, -0.25) is 4.79 Å². The molecular formula is C12H12N2O3. The second-order valence-corrected chi connectivity index (χ2v) is 4.10. The summed E-state index contributed by atoms with van der Waals surface area (Å²) in [5, 5.41) is 14.0. The zero-order chi connectivity index (χ0) is 12.6. The maximum Gasteiger partial charge on any atom is 0.335 e. The number of benzene rings is 1. The van der Waals surface area contributed by atoms with Crippen LogP contribution in [0.3, 0.4) is 0 Å². The molecule has 2 rings (SSSR count). The molecule has 0 aliphatic heterocycles. The summed E-state index contributed by atoms with van der Waals surface area (Å²) >= 11 is 0. The van der Waals surface area contributed by atoms with E-state index in [0.29, 0.717) is 10.8 Å². The second-order valence-electron chi connectivity index (χ2n) is 4.10. The van der Waals surface area contributed by atoms with Gasteiger partial charge >= 0.3 is 5.97 Å². The van der Waals surface area contributed by atoms with E-state index in [0.717, 1.165) is 0 Å². The van der Waals surface area contributed by atoms with Crippen LogP contribution in [0.5, 0.6) is 0 Å². The Hall–Kier alpha value is -2.17. The van der Waals surface area contributed by atoms with E-state index < -0.39 is 5.97 Å². The van der Waals surface area contributed by atoms with Crippen molar-refractivity contribution in [1.29, 1.82) is 0 Å². The van der Waals surface area contributed by atoms with Crippen LogP contribution in [0.4, 0.5) is 0 Å². The lowest BCUT2D eigenvalue weighted by Gasteiger charge is -2.09. The van der Waals surface area contributed by atoms with Crippen LogP contribution < -0.4 is 5.56 Å². The molecule has 0 amide bonds. The molecule has 0 saturated carbocycles. The molecule has 1 aromatic carbocycles. The van der Waals surface area contributed by atoms with Crippen LogP contribution in [0.25, 0.3) is 10.8 Å². The molecule has 5 heteroatoms. The summed E-state index contributed by atoms with van der Waals surface area (Å²) in [6.07, 6.45) is 1.57. The van der Waals surface area contributed by atoms with Gasteiger partial charge in [0.25, 0.3) is 5.56 Å². The van der Waals surface area contributed by atoms with Crippen molar-refractivity contribution in [3.05, 3.63) is 40.3 Å². The number of carboxylic acid groups (broad SMARTS) is 1. The molecule has 2 aromatic rings. The average molecular weight is 232 g/mol. The number of aromatic carboxylic acids is 1. The minimum Gasteiger partial charge on any atom is -0.478 e. The van der Waals surface area contributed by atoms with Gasteiger partial charge in [0.1, 0.15) is 0 Å². The third kappa shape index (κ3) is 1.91. The van der Waals surface area contributed by atoms with Crippen LogP contribution >= 0.6 is 0 Å². The maximum absolute atomic E-state index is 12.1. The van der Waals surface area contributed by atoms with E-state index in [9.17, 15) is 9.59 Å². The minimum atomic E-state index is -1.04. The van der Waals surface area contributed by atoms with Gasteiger partial charge in [-0.1, -0.05) is 6.07 Å². The SMILES string of the molecule is CC(C)n1ncc2ccc(C(=O)O)cc2c1=O. The van der Waals surface area contributed by atoms with Crippen molar-refractivity contribution in [3.63, 3.8) is 0 Å². The molecule has 0 aliphatic rings. The number of carboxylic acids is 1. The van der Waals surface area contributed by atoms with Crippen molar-refractivity contribution in [1.82, 2.24) is 9.78 Å². The molecule has 0 aliphatic carbocycles. The van der Waals surface area contributed by atoms with Crippen LogP contribution in [0.2, 0.25) is 0 Å². The Balaban J connectivity index is 2.78. The van der Waals surface area contributed by atoms with Crippen molar-refractivity contribution >= 4 is 16.7 Å². The van der Waals surface area contributed by atoms with Gasteiger partial charge in [-0.15, -0.1) is 0 Å². The van der Waals surface area contributed by atoms with Crippen LogP contribution in [-0.2, 0) is 0 Å². The molecule has 17 heavy (non-hydrogen) atoms. The lowest BCUT2D eigenvalue weighted by molar-refractivity contribution is 0.0697. The lowest BCUT2D eigenvalue weighted by Crippen LogP contribution is -2.24. The highest BCUT2D eigenvalue weighted by molar-refractivity contribution is 5.93. The quantitative estimate of drug-likeness (QED) is 0.854. The summed E-state index contributed by atoms with van der Waals surface area (Å²) < 4.78 is 1.34. The fraction of sp³-hybridized carbons (Fsp3) is 0.250. The monoisotopic (exact) mass is 232 g/mol. The van der Waals surface area contributed by atoms with Crippen molar-refractivity contribution in [2.24, 2.45) is 0 Å². The average Bonchev–Trinajstić information content (AvgIpc) is 2.28. The number of nitrogens with zero attached hydrogens (tertiary/aromatic N) is 2. The zero-order valence-corrected chi connectivity index (χ0v) is 9.54. The van der Waals surface area contributed by atoms with Gasteiger partial charge in [0.2, 0.25) is 0 Å². The largest absolute Gasteiger partial charge is 0.478 e. The molecule has 0 fully saturated rings. The summed E-state index contributed by atoms with van der Waals surface area (Å²) in [5.74, 6) is -1.04. The van der Waals surface area contributed by atoms with E-state index in [4.69, 9.17) is 5.11 Å². The number of carbonyl (C=O) groups is 1. The Morgan fingerprint density at radius 2 is 2.12 bits per heavy atom. The van der Waals surface area contributed by atoms with E-state index in [1.807, 2.05) is 13.8 Å². The van der Waals surface area contributed by atoms with Crippen LogP contribution in [0, 0.1) is 0 Å². The van der Waals surface area contributed by atoms with Gasteiger partial charge in [-0.25, -0.2) is 9.48 Å². The fourth-order valence-electron chi connectivity index (χ4n) is 1.66. The Labute approximate surface area is 97.3 Å². The molecule has 88 valence electrons. The smallest absolute Gasteiger partial charge is 0.335 e. The standard InChI is InChI=1S/C12H12N2O3/c1-7(2)14-11(15)10-5-8(12(16)17)3-4-9(10)6-13-14/h3-7H,1-2H3,(H,16,17). The van der Waals surface area contributed by atoms with E-state index >= 15 is 0 Å². The van der Waals surface area contributed by atoms with Crippen molar-refractivity contribution in [3.8, 4) is 0 Å². The van der Waals surface area contributed by atoms with Crippen molar-refractivity contribution < 1.29 is 9.90 Å². The first-order valence-electron chi connectivity index (χ1n) is 5.25. The fourth-order valence-corrected chi connectivity index (χ4v) is 1.66. The first-order chi connectivity index (χ1) is 8.00. The van der Waals surface area contributed by atoms with Gasteiger partial charge in [0.15, 0.2) is 0 Å². The molecule has 5 nitrogen and oxygen atoms in total. The normalized spacial score (nSPS) is 11.0. The topological polar surface area (TPSA) is 72.2 Å². The number of rotatable bonds is 2. The third-order valence-corrected chi connectivity index (χ3v) is 2.55. The Morgan fingerprint density at radius 1 is 1.41 bits per heavy atom. The third-order valence-electron chi connectivity index (χ3n) is 2.55. The van der Waals surface area contributed by atoms with E-state index in [1.54, 1.807) is 12.3 Å². The predicted molar refractivity (Wildman–Crippen MR) is 63.3 cm³/mol. The zero-order valence-electron chi connectivity index (χ0n) is 9.54. The molecule has 1 aromatic heterocycles. The van der Waals surface area contributed by atoms with Crippen LogP contribution in [0.15, 0.2) is 29.2 Å². The van der Waals surface area contributed by atoms with Gasteiger partial charge in [0, 0.05) is 5.39 Å². The molecule has 1 N–H and O–H groups in total. The summed E-state index contributed by atoms with van der Waals surface area (Å²) in [6, 6.07) is 4.39. The molecule has 0 radical (unpaired) electrons. The first-order valence-corrected chi connectivity index (χ1v) is 5.25. The number of hydrogen-bond donors (Lipinski definition) is 1. The number of fused-ring (bicyclic) bond motifs is 1. The molecule has 1 heterocycles. The van der Waals surface area contributed by atoms with Gasteiger partial charge < -0.3 is 5.11 Å². The molecule has 0 saturated heterocycles. The van der Waals surface area contributed by atoms with E-state index in [1.165, 1.54) is 16.8 Å². The highest BCUT2D eigenvalue weighted by Gasteiger charge is 2.09. The molecular weight excluding hydrogens is 220 g/mol.